The molecule has 1 aromatic rings. The van der Waals surface area contributed by atoms with Gasteiger partial charge in [-0.2, -0.15) is 4.99 Å². The van der Waals surface area contributed by atoms with Gasteiger partial charge in [0.05, 0.1) is 6.54 Å². The second-order valence-electron chi connectivity index (χ2n) is 5.03. The van der Waals surface area contributed by atoms with Crippen LogP contribution in [0.5, 0.6) is 5.75 Å². The van der Waals surface area contributed by atoms with E-state index >= 15 is 0 Å². The van der Waals surface area contributed by atoms with Crippen molar-refractivity contribution in [3.8, 4) is 5.75 Å². The zero-order chi connectivity index (χ0) is 16.9. The number of guanidine groups is 2. The molecule has 142 valence electrons. The Bertz CT molecular complexity index is 587. The zero-order valence-electron chi connectivity index (χ0n) is 13.2. The Balaban J connectivity index is 0.00000288. The number of nitrogens with zero attached hydrogens (tertiary/aromatic N) is 3. The van der Waals surface area contributed by atoms with Crippen LogP contribution in [0.2, 0.25) is 0 Å². The number of hydrogen-bond acceptors (Lipinski definition) is 2. The lowest BCUT2D eigenvalue weighted by Crippen LogP contribution is -2.36. The summed E-state index contributed by atoms with van der Waals surface area (Å²) >= 11 is 0. The standard InChI is InChI=1S/C14H18F3N5O.2ClH/c15-14(16,17)23-11-5-3-10(4-6-11)9-20-12(18)21-13(19)22-7-1-2-8-22;;/h3-6H,1-2,7-9H2,(H4,18,19,20,21);2*1H. The molecule has 0 aliphatic carbocycles. The summed E-state index contributed by atoms with van der Waals surface area (Å²) < 4.78 is 39.9. The van der Waals surface area contributed by atoms with Gasteiger partial charge in [0.15, 0.2) is 5.96 Å². The van der Waals surface area contributed by atoms with E-state index in [4.69, 9.17) is 11.5 Å². The highest BCUT2D eigenvalue weighted by atomic mass is 35.5. The molecule has 11 heteroatoms. The monoisotopic (exact) mass is 401 g/mol. The number of ether oxygens (including phenoxy) is 1. The molecule has 0 aromatic heterocycles. The van der Waals surface area contributed by atoms with Gasteiger partial charge in [-0.1, -0.05) is 12.1 Å². The molecular formula is C14H20Cl2F3N5O. The van der Waals surface area contributed by atoms with E-state index in [-0.39, 0.29) is 43.1 Å². The van der Waals surface area contributed by atoms with Crippen LogP contribution in [0.1, 0.15) is 18.4 Å². The highest BCUT2D eigenvalue weighted by Gasteiger charge is 2.30. The van der Waals surface area contributed by atoms with Crippen LogP contribution < -0.4 is 16.2 Å². The number of halogens is 5. The van der Waals surface area contributed by atoms with Crippen molar-refractivity contribution in [2.45, 2.75) is 25.7 Å². The number of benzene rings is 1. The van der Waals surface area contributed by atoms with Gasteiger partial charge < -0.3 is 21.1 Å². The topological polar surface area (TPSA) is 89.2 Å². The fourth-order valence-corrected chi connectivity index (χ4v) is 2.14. The van der Waals surface area contributed by atoms with Crippen molar-refractivity contribution < 1.29 is 17.9 Å². The molecule has 2 rings (SSSR count). The molecule has 0 radical (unpaired) electrons. The molecule has 1 aliphatic heterocycles. The molecular weight excluding hydrogens is 382 g/mol. The highest BCUT2D eigenvalue weighted by molar-refractivity contribution is 5.93. The van der Waals surface area contributed by atoms with Gasteiger partial charge >= 0.3 is 6.36 Å². The molecule has 1 fully saturated rings. The minimum atomic E-state index is -4.70. The SMILES string of the molecule is Cl.Cl.NC(=NCc1ccc(OC(F)(F)F)cc1)/N=C(/N)N1CCCC1. The molecule has 0 spiro atoms. The first-order chi connectivity index (χ1) is 10.8. The van der Waals surface area contributed by atoms with Crippen LogP contribution in [0.25, 0.3) is 0 Å². The van der Waals surface area contributed by atoms with E-state index in [1.165, 1.54) is 24.3 Å². The van der Waals surface area contributed by atoms with Crippen molar-refractivity contribution in [2.24, 2.45) is 21.5 Å². The number of nitrogens with two attached hydrogens (primary N) is 2. The lowest BCUT2D eigenvalue weighted by Gasteiger charge is -2.15. The van der Waals surface area contributed by atoms with E-state index in [1.807, 2.05) is 4.90 Å². The zero-order valence-corrected chi connectivity index (χ0v) is 14.8. The minimum Gasteiger partial charge on any atom is -0.406 e. The van der Waals surface area contributed by atoms with Crippen molar-refractivity contribution in [1.82, 2.24) is 4.90 Å². The highest BCUT2D eigenvalue weighted by Crippen LogP contribution is 2.22. The van der Waals surface area contributed by atoms with Crippen LogP contribution in [-0.2, 0) is 6.54 Å². The van der Waals surface area contributed by atoms with Crippen molar-refractivity contribution in [3.05, 3.63) is 29.8 Å². The molecule has 25 heavy (non-hydrogen) atoms. The molecule has 1 heterocycles. The predicted molar refractivity (Wildman–Crippen MR) is 95.4 cm³/mol. The summed E-state index contributed by atoms with van der Waals surface area (Å²) in [6.07, 6.45) is -2.56. The van der Waals surface area contributed by atoms with Gasteiger partial charge in [0.1, 0.15) is 5.75 Å². The van der Waals surface area contributed by atoms with Gasteiger partial charge in [-0.3, -0.25) is 0 Å². The van der Waals surface area contributed by atoms with E-state index in [0.717, 1.165) is 25.9 Å². The van der Waals surface area contributed by atoms with Gasteiger partial charge in [0.2, 0.25) is 5.96 Å². The number of alkyl halides is 3. The van der Waals surface area contributed by atoms with Crippen LogP contribution >= 0.6 is 24.8 Å². The van der Waals surface area contributed by atoms with Gasteiger partial charge in [-0.05, 0) is 30.5 Å². The first-order valence-corrected chi connectivity index (χ1v) is 7.07. The number of hydrogen-bond donors (Lipinski definition) is 2. The molecule has 0 bridgehead atoms. The molecule has 1 aliphatic rings. The van der Waals surface area contributed by atoms with Crippen molar-refractivity contribution in [2.75, 3.05) is 13.1 Å². The molecule has 0 unspecified atom stereocenters. The molecule has 4 N–H and O–H groups in total. The quantitative estimate of drug-likeness (QED) is 0.601. The maximum Gasteiger partial charge on any atom is 0.573 e. The third-order valence-electron chi connectivity index (χ3n) is 3.24. The predicted octanol–water partition coefficient (Wildman–Crippen LogP) is 2.65. The molecule has 0 amide bonds. The Labute approximate surface area is 155 Å². The van der Waals surface area contributed by atoms with Gasteiger partial charge in [-0.25, -0.2) is 4.99 Å². The summed E-state index contributed by atoms with van der Waals surface area (Å²) in [7, 11) is 0. The number of aliphatic imine (C=N–C) groups is 2. The average Bonchev–Trinajstić information content (AvgIpc) is 2.99. The molecule has 6 nitrogen and oxygen atoms in total. The second-order valence-corrected chi connectivity index (χ2v) is 5.03. The second kappa shape index (κ2) is 10.2. The van der Waals surface area contributed by atoms with Crippen molar-refractivity contribution in [3.63, 3.8) is 0 Å². The molecule has 0 saturated carbocycles. The molecule has 1 aromatic carbocycles. The van der Waals surface area contributed by atoms with Gasteiger partial charge in [-0.15, -0.1) is 38.0 Å². The van der Waals surface area contributed by atoms with Crippen molar-refractivity contribution in [1.29, 1.82) is 0 Å². The summed E-state index contributed by atoms with van der Waals surface area (Å²) in [5.41, 5.74) is 12.2. The van der Waals surface area contributed by atoms with E-state index in [1.54, 1.807) is 0 Å². The Morgan fingerprint density at radius 2 is 1.64 bits per heavy atom. The van der Waals surface area contributed by atoms with Crippen LogP contribution in [0, 0.1) is 0 Å². The van der Waals surface area contributed by atoms with E-state index in [2.05, 4.69) is 14.7 Å². The molecule has 0 atom stereocenters. The Hall–Kier alpha value is -1.87. The van der Waals surface area contributed by atoms with Crippen molar-refractivity contribution >= 4 is 36.7 Å². The number of rotatable bonds is 3. The lowest BCUT2D eigenvalue weighted by atomic mass is 10.2. The van der Waals surface area contributed by atoms with Crippen LogP contribution in [0.4, 0.5) is 13.2 Å². The van der Waals surface area contributed by atoms with Crippen LogP contribution in [0.15, 0.2) is 34.3 Å². The van der Waals surface area contributed by atoms with E-state index in [0.29, 0.717) is 11.5 Å². The normalized spacial score (nSPS) is 15.4. The summed E-state index contributed by atoms with van der Waals surface area (Å²) in [5.74, 6) is 0.0807. The van der Waals surface area contributed by atoms with Gasteiger partial charge in [0, 0.05) is 13.1 Å². The first-order valence-electron chi connectivity index (χ1n) is 7.07. The summed E-state index contributed by atoms with van der Waals surface area (Å²) in [4.78, 5) is 9.98. The lowest BCUT2D eigenvalue weighted by molar-refractivity contribution is -0.274. The van der Waals surface area contributed by atoms with E-state index < -0.39 is 6.36 Å². The minimum absolute atomic E-state index is 0. The summed E-state index contributed by atoms with van der Waals surface area (Å²) in [5, 5.41) is 0. The fraction of sp³-hybridized carbons (Fsp3) is 0.429. The smallest absolute Gasteiger partial charge is 0.406 e. The summed E-state index contributed by atoms with van der Waals surface area (Å²) in [6.45, 7) is 1.89. The van der Waals surface area contributed by atoms with Crippen LogP contribution in [0.3, 0.4) is 0 Å². The maximum atomic E-state index is 12.1. The largest absolute Gasteiger partial charge is 0.573 e. The summed E-state index contributed by atoms with van der Waals surface area (Å²) in [6, 6.07) is 5.39. The Morgan fingerprint density at radius 1 is 1.08 bits per heavy atom. The molecule has 1 saturated heterocycles. The van der Waals surface area contributed by atoms with Crippen LogP contribution in [-0.4, -0.2) is 36.3 Å². The average molecular weight is 402 g/mol. The fourth-order valence-electron chi connectivity index (χ4n) is 2.14. The van der Waals surface area contributed by atoms with E-state index in [9.17, 15) is 13.2 Å². The third kappa shape index (κ3) is 8.17. The van der Waals surface area contributed by atoms with Gasteiger partial charge in [0.25, 0.3) is 0 Å². The first kappa shape index (κ1) is 23.1. The Morgan fingerprint density at radius 3 is 2.16 bits per heavy atom. The third-order valence-corrected chi connectivity index (χ3v) is 3.24. The number of likely N-dealkylation sites (tertiary alicyclic amines) is 1. The maximum absolute atomic E-state index is 12.1. The Kier molecular flexibility index (Phi) is 9.43.